The minimum atomic E-state index is -3.30. The highest BCUT2D eigenvalue weighted by atomic mass is 32.2. The Morgan fingerprint density at radius 1 is 1.05 bits per heavy atom. The summed E-state index contributed by atoms with van der Waals surface area (Å²) in [4.78, 5) is 2.34. The maximum absolute atomic E-state index is 12.2. The predicted molar refractivity (Wildman–Crippen MR) is 80.6 cm³/mol. The Labute approximate surface area is 122 Å². The number of piperidine rings is 2. The van der Waals surface area contributed by atoms with Crippen LogP contribution in [-0.2, 0) is 10.2 Å². The molecule has 2 rings (SSSR count). The van der Waals surface area contributed by atoms with Gasteiger partial charge in [-0.25, -0.2) is 4.72 Å². The number of hydrogen-bond acceptors (Lipinski definition) is 4. The molecule has 0 unspecified atom stereocenters. The van der Waals surface area contributed by atoms with Crippen molar-refractivity contribution in [1.82, 2.24) is 13.9 Å². The molecule has 2 fully saturated rings. The molecule has 0 saturated carbocycles. The van der Waals surface area contributed by atoms with Gasteiger partial charge in [-0.3, -0.25) is 0 Å². The molecular formula is C13H28N4O2S. The molecule has 0 aromatic carbocycles. The molecule has 118 valence electrons. The SMILES string of the molecule is NCC1CCN(S(=O)(=O)NCCN2CCCCC2)CC1. The van der Waals surface area contributed by atoms with Gasteiger partial charge in [0.2, 0.25) is 0 Å². The molecule has 0 aliphatic carbocycles. The normalized spacial score (nSPS) is 24.1. The molecule has 3 N–H and O–H groups in total. The average Bonchev–Trinajstić information content (AvgIpc) is 2.48. The molecule has 0 radical (unpaired) electrons. The van der Waals surface area contributed by atoms with Crippen molar-refractivity contribution < 1.29 is 8.42 Å². The molecule has 0 amide bonds. The van der Waals surface area contributed by atoms with Crippen LogP contribution in [0.15, 0.2) is 0 Å². The lowest BCUT2D eigenvalue weighted by Crippen LogP contribution is -2.47. The number of nitrogens with zero attached hydrogens (tertiary/aromatic N) is 2. The number of rotatable bonds is 6. The van der Waals surface area contributed by atoms with Crippen LogP contribution in [0.4, 0.5) is 0 Å². The zero-order valence-corrected chi connectivity index (χ0v) is 13.1. The Kier molecular flexibility index (Phi) is 6.22. The summed E-state index contributed by atoms with van der Waals surface area (Å²) >= 11 is 0. The molecule has 0 bridgehead atoms. The van der Waals surface area contributed by atoms with Crippen LogP contribution in [0.1, 0.15) is 32.1 Å². The van der Waals surface area contributed by atoms with E-state index in [0.717, 1.165) is 32.5 Å². The Hall–Kier alpha value is -0.210. The van der Waals surface area contributed by atoms with Gasteiger partial charge in [-0.2, -0.15) is 12.7 Å². The lowest BCUT2D eigenvalue weighted by molar-refractivity contribution is 0.231. The molecule has 0 aromatic heterocycles. The van der Waals surface area contributed by atoms with E-state index in [1.807, 2.05) is 0 Å². The minimum Gasteiger partial charge on any atom is -0.330 e. The maximum Gasteiger partial charge on any atom is 0.279 e. The monoisotopic (exact) mass is 304 g/mol. The third kappa shape index (κ3) is 4.66. The second kappa shape index (κ2) is 7.70. The van der Waals surface area contributed by atoms with E-state index in [2.05, 4.69) is 9.62 Å². The van der Waals surface area contributed by atoms with Crippen LogP contribution in [0.2, 0.25) is 0 Å². The first-order valence-corrected chi connectivity index (χ1v) is 9.23. The van der Waals surface area contributed by atoms with Gasteiger partial charge in [-0.05, 0) is 51.2 Å². The van der Waals surface area contributed by atoms with Crippen LogP contribution in [0.5, 0.6) is 0 Å². The fourth-order valence-electron chi connectivity index (χ4n) is 2.99. The molecule has 6 nitrogen and oxygen atoms in total. The highest BCUT2D eigenvalue weighted by Gasteiger charge is 2.27. The van der Waals surface area contributed by atoms with Gasteiger partial charge in [0.05, 0.1) is 0 Å². The molecule has 0 aromatic rings. The number of nitrogens with one attached hydrogen (secondary N) is 1. The van der Waals surface area contributed by atoms with Gasteiger partial charge in [0.15, 0.2) is 0 Å². The van der Waals surface area contributed by atoms with Crippen molar-refractivity contribution in [1.29, 1.82) is 0 Å². The summed E-state index contributed by atoms with van der Waals surface area (Å²) in [6, 6.07) is 0. The van der Waals surface area contributed by atoms with Crippen molar-refractivity contribution in [2.75, 3.05) is 45.8 Å². The highest BCUT2D eigenvalue weighted by molar-refractivity contribution is 7.87. The number of nitrogens with two attached hydrogens (primary N) is 1. The smallest absolute Gasteiger partial charge is 0.279 e. The Bertz CT molecular complexity index is 374. The molecule has 7 heteroatoms. The third-order valence-electron chi connectivity index (χ3n) is 4.41. The van der Waals surface area contributed by atoms with Crippen molar-refractivity contribution in [3.05, 3.63) is 0 Å². The van der Waals surface area contributed by atoms with Gasteiger partial charge in [0, 0.05) is 26.2 Å². The summed E-state index contributed by atoms with van der Waals surface area (Å²) < 4.78 is 28.7. The molecule has 2 saturated heterocycles. The van der Waals surface area contributed by atoms with Gasteiger partial charge in [-0.15, -0.1) is 0 Å². The molecule has 20 heavy (non-hydrogen) atoms. The van der Waals surface area contributed by atoms with Crippen molar-refractivity contribution in [2.24, 2.45) is 11.7 Å². The van der Waals surface area contributed by atoms with Gasteiger partial charge < -0.3 is 10.6 Å². The van der Waals surface area contributed by atoms with Crippen LogP contribution in [0, 0.1) is 5.92 Å². The average molecular weight is 304 g/mol. The van der Waals surface area contributed by atoms with E-state index in [1.54, 1.807) is 4.31 Å². The summed E-state index contributed by atoms with van der Waals surface area (Å²) in [5.41, 5.74) is 5.63. The zero-order valence-electron chi connectivity index (χ0n) is 12.3. The van der Waals surface area contributed by atoms with E-state index in [-0.39, 0.29) is 0 Å². The first kappa shape index (κ1) is 16.2. The maximum atomic E-state index is 12.2. The molecule has 2 aliphatic heterocycles. The first-order valence-electron chi connectivity index (χ1n) is 7.79. The lowest BCUT2D eigenvalue weighted by atomic mass is 9.99. The number of likely N-dealkylation sites (tertiary alicyclic amines) is 1. The van der Waals surface area contributed by atoms with Crippen LogP contribution >= 0.6 is 0 Å². The summed E-state index contributed by atoms with van der Waals surface area (Å²) in [6.07, 6.45) is 5.53. The second-order valence-corrected chi connectivity index (χ2v) is 7.64. The van der Waals surface area contributed by atoms with Gasteiger partial charge in [0.1, 0.15) is 0 Å². The standard InChI is InChI=1S/C13H28N4O2S/c14-12-13-4-9-17(10-5-13)20(18,19)15-6-11-16-7-2-1-3-8-16/h13,15H,1-12,14H2. The number of hydrogen-bond donors (Lipinski definition) is 2. The lowest BCUT2D eigenvalue weighted by Gasteiger charge is -2.31. The van der Waals surface area contributed by atoms with Gasteiger partial charge in [-0.1, -0.05) is 6.42 Å². The fraction of sp³-hybridized carbons (Fsp3) is 1.00. The van der Waals surface area contributed by atoms with Gasteiger partial charge >= 0.3 is 0 Å². The van der Waals surface area contributed by atoms with Gasteiger partial charge in [0.25, 0.3) is 10.2 Å². The van der Waals surface area contributed by atoms with Crippen LogP contribution in [0.3, 0.4) is 0 Å². The zero-order chi connectivity index (χ0) is 14.4. The van der Waals surface area contributed by atoms with Crippen molar-refractivity contribution in [3.8, 4) is 0 Å². The minimum absolute atomic E-state index is 0.481. The summed E-state index contributed by atoms with van der Waals surface area (Å²) in [5.74, 6) is 0.481. The van der Waals surface area contributed by atoms with Crippen molar-refractivity contribution in [3.63, 3.8) is 0 Å². The topological polar surface area (TPSA) is 78.7 Å². The van der Waals surface area contributed by atoms with Crippen LogP contribution in [0.25, 0.3) is 0 Å². The molecule has 0 atom stereocenters. The largest absolute Gasteiger partial charge is 0.330 e. The van der Waals surface area contributed by atoms with Crippen molar-refractivity contribution >= 4 is 10.2 Å². The quantitative estimate of drug-likeness (QED) is 0.723. The Morgan fingerprint density at radius 2 is 1.70 bits per heavy atom. The summed E-state index contributed by atoms with van der Waals surface area (Å²) in [6.45, 7) is 5.39. The molecule has 0 spiro atoms. The van der Waals surface area contributed by atoms with E-state index in [0.29, 0.717) is 32.1 Å². The molecule has 2 aliphatic rings. The second-order valence-electron chi connectivity index (χ2n) is 5.88. The van der Waals surface area contributed by atoms with E-state index >= 15 is 0 Å². The van der Waals surface area contributed by atoms with Crippen LogP contribution in [-0.4, -0.2) is 63.4 Å². The Balaban J connectivity index is 1.70. The Morgan fingerprint density at radius 3 is 2.30 bits per heavy atom. The van der Waals surface area contributed by atoms with E-state index in [1.165, 1.54) is 19.3 Å². The summed E-state index contributed by atoms with van der Waals surface area (Å²) in [7, 11) is -3.30. The molecule has 2 heterocycles. The summed E-state index contributed by atoms with van der Waals surface area (Å²) in [5, 5.41) is 0. The highest BCUT2D eigenvalue weighted by Crippen LogP contribution is 2.17. The van der Waals surface area contributed by atoms with E-state index in [4.69, 9.17) is 5.73 Å². The molecular weight excluding hydrogens is 276 g/mol. The van der Waals surface area contributed by atoms with Crippen LogP contribution < -0.4 is 10.5 Å². The van der Waals surface area contributed by atoms with E-state index < -0.39 is 10.2 Å². The third-order valence-corrected chi connectivity index (χ3v) is 6.02. The van der Waals surface area contributed by atoms with Crippen molar-refractivity contribution in [2.45, 2.75) is 32.1 Å². The first-order chi connectivity index (χ1) is 9.62. The fourth-order valence-corrected chi connectivity index (χ4v) is 4.22. The van der Waals surface area contributed by atoms with E-state index in [9.17, 15) is 8.42 Å². The predicted octanol–water partition coefficient (Wildman–Crippen LogP) is -0.0226.